The number of aromatic nitrogens is 2. The average molecular weight is 484 g/mol. The van der Waals surface area contributed by atoms with E-state index in [1.165, 1.54) is 28.6 Å². The van der Waals surface area contributed by atoms with Crippen molar-refractivity contribution < 1.29 is 13.2 Å². The standard InChI is InChI=1S/C23H22ClN5O3S/c1-16-13-22(29(27-16)20-4-2-3-19(24)14-20)26-23(30)18-9-11-28(12-10-18)33(31,32)21-7-5-17(15-25)6-8-21/h2-8,13-14,18H,9-12H2,1H3,(H,26,30). The number of aryl methyl sites for hydroxylation is 1. The molecule has 0 unspecified atom stereocenters. The molecule has 0 saturated carbocycles. The Morgan fingerprint density at radius 3 is 2.48 bits per heavy atom. The van der Waals surface area contributed by atoms with Gasteiger partial charge in [0.05, 0.1) is 27.9 Å². The van der Waals surface area contributed by atoms with Gasteiger partial charge in [-0.05, 0) is 62.2 Å². The molecule has 1 aliphatic rings. The number of nitrogens with one attached hydrogen (secondary N) is 1. The molecule has 0 radical (unpaired) electrons. The zero-order chi connectivity index (χ0) is 23.6. The Balaban J connectivity index is 1.43. The first-order chi connectivity index (χ1) is 15.8. The molecule has 3 aromatic rings. The van der Waals surface area contributed by atoms with Crippen molar-refractivity contribution in [3.05, 3.63) is 70.9 Å². The maximum atomic E-state index is 12.9. The van der Waals surface area contributed by atoms with Crippen molar-refractivity contribution in [1.82, 2.24) is 14.1 Å². The predicted octanol–water partition coefficient (Wildman–Crippen LogP) is 3.75. The van der Waals surface area contributed by atoms with Crippen LogP contribution >= 0.6 is 11.6 Å². The minimum absolute atomic E-state index is 0.144. The molecule has 1 amide bonds. The molecule has 2 heterocycles. The second kappa shape index (κ2) is 9.35. The van der Waals surface area contributed by atoms with Crippen LogP contribution in [0.25, 0.3) is 5.69 Å². The summed E-state index contributed by atoms with van der Waals surface area (Å²) < 4.78 is 28.8. The van der Waals surface area contributed by atoms with Gasteiger partial charge in [0.15, 0.2) is 0 Å². The topological polar surface area (TPSA) is 108 Å². The Bertz CT molecular complexity index is 1320. The quantitative estimate of drug-likeness (QED) is 0.594. The van der Waals surface area contributed by atoms with Crippen molar-refractivity contribution >= 4 is 33.3 Å². The molecule has 0 atom stereocenters. The van der Waals surface area contributed by atoms with Gasteiger partial charge < -0.3 is 5.32 Å². The fourth-order valence-electron chi connectivity index (χ4n) is 3.83. The number of halogens is 1. The number of amides is 1. The smallest absolute Gasteiger partial charge is 0.243 e. The second-order valence-electron chi connectivity index (χ2n) is 7.87. The lowest BCUT2D eigenvalue weighted by Crippen LogP contribution is -2.41. The van der Waals surface area contributed by atoms with Crippen molar-refractivity contribution in [3.63, 3.8) is 0 Å². The normalized spacial score (nSPS) is 15.2. The molecule has 4 rings (SSSR count). The summed E-state index contributed by atoms with van der Waals surface area (Å²) in [5, 5.41) is 16.8. The average Bonchev–Trinajstić information content (AvgIpc) is 3.19. The molecule has 0 aliphatic carbocycles. The van der Waals surface area contributed by atoms with Crippen LogP contribution < -0.4 is 5.32 Å². The molecule has 10 heteroatoms. The zero-order valence-corrected chi connectivity index (χ0v) is 19.5. The lowest BCUT2D eigenvalue weighted by Gasteiger charge is -2.30. The Hall–Kier alpha value is -3.19. The van der Waals surface area contributed by atoms with Gasteiger partial charge in [0.2, 0.25) is 15.9 Å². The van der Waals surface area contributed by atoms with E-state index in [1.54, 1.807) is 22.9 Å². The lowest BCUT2D eigenvalue weighted by atomic mass is 9.97. The number of hydrogen-bond donors (Lipinski definition) is 1. The number of rotatable bonds is 5. The van der Waals surface area contributed by atoms with Crippen LogP contribution in [0.15, 0.2) is 59.5 Å². The third kappa shape index (κ3) is 4.93. The molecule has 0 bridgehead atoms. The van der Waals surface area contributed by atoms with Crippen LogP contribution in [-0.2, 0) is 14.8 Å². The molecule has 1 aromatic heterocycles. The molecule has 1 fully saturated rings. The van der Waals surface area contributed by atoms with E-state index in [-0.39, 0.29) is 29.8 Å². The fraction of sp³-hybridized carbons (Fsp3) is 0.261. The number of nitrogens with zero attached hydrogens (tertiary/aromatic N) is 4. The second-order valence-corrected chi connectivity index (χ2v) is 10.2. The van der Waals surface area contributed by atoms with Crippen molar-refractivity contribution in [2.75, 3.05) is 18.4 Å². The van der Waals surface area contributed by atoms with Crippen molar-refractivity contribution in [2.24, 2.45) is 5.92 Å². The maximum Gasteiger partial charge on any atom is 0.243 e. The summed E-state index contributed by atoms with van der Waals surface area (Å²) in [6.07, 6.45) is 0.817. The summed E-state index contributed by atoms with van der Waals surface area (Å²) in [5.41, 5.74) is 1.87. The van der Waals surface area contributed by atoms with Gasteiger partial charge >= 0.3 is 0 Å². The number of carbonyl (C=O) groups excluding carboxylic acids is 1. The summed E-state index contributed by atoms with van der Waals surface area (Å²) in [6.45, 7) is 2.32. The molecule has 1 saturated heterocycles. The molecule has 8 nitrogen and oxygen atoms in total. The van der Waals surface area contributed by atoms with Gasteiger partial charge in [0.1, 0.15) is 5.82 Å². The van der Waals surface area contributed by atoms with E-state index in [0.717, 1.165) is 11.4 Å². The van der Waals surface area contributed by atoms with E-state index in [9.17, 15) is 13.2 Å². The Kier molecular flexibility index (Phi) is 6.51. The number of hydrogen-bond acceptors (Lipinski definition) is 5. The van der Waals surface area contributed by atoms with E-state index in [4.69, 9.17) is 16.9 Å². The summed E-state index contributed by atoms with van der Waals surface area (Å²) in [4.78, 5) is 13.1. The van der Waals surface area contributed by atoms with Gasteiger partial charge in [-0.15, -0.1) is 0 Å². The summed E-state index contributed by atoms with van der Waals surface area (Å²) in [7, 11) is -3.67. The van der Waals surface area contributed by atoms with E-state index < -0.39 is 10.0 Å². The Morgan fingerprint density at radius 1 is 1.15 bits per heavy atom. The third-order valence-corrected chi connectivity index (χ3v) is 7.73. The number of sulfonamides is 1. The highest BCUT2D eigenvalue weighted by Crippen LogP contribution is 2.26. The SMILES string of the molecule is Cc1cc(NC(=O)C2CCN(S(=O)(=O)c3ccc(C#N)cc3)CC2)n(-c2cccc(Cl)c2)n1. The molecule has 1 aliphatic heterocycles. The van der Waals surface area contributed by atoms with E-state index in [0.29, 0.717) is 29.2 Å². The lowest BCUT2D eigenvalue weighted by molar-refractivity contribution is -0.120. The number of nitriles is 1. The fourth-order valence-corrected chi connectivity index (χ4v) is 5.48. The van der Waals surface area contributed by atoms with Crippen LogP contribution in [0.4, 0.5) is 5.82 Å². The Labute approximate surface area is 197 Å². The van der Waals surface area contributed by atoms with Gasteiger partial charge in [-0.3, -0.25) is 4.79 Å². The predicted molar refractivity (Wildman–Crippen MR) is 125 cm³/mol. The van der Waals surface area contributed by atoms with Gasteiger partial charge in [0, 0.05) is 30.1 Å². The van der Waals surface area contributed by atoms with Gasteiger partial charge in [-0.25, -0.2) is 13.1 Å². The first kappa shape index (κ1) is 23.0. The van der Waals surface area contributed by atoms with E-state index >= 15 is 0 Å². The summed E-state index contributed by atoms with van der Waals surface area (Å²) in [5.74, 6) is 0.0430. The van der Waals surface area contributed by atoms with Gasteiger partial charge in [0.25, 0.3) is 0 Å². The monoisotopic (exact) mass is 483 g/mol. The Morgan fingerprint density at radius 2 is 1.85 bits per heavy atom. The summed E-state index contributed by atoms with van der Waals surface area (Å²) >= 11 is 6.09. The molecular formula is C23H22ClN5O3S. The number of carbonyl (C=O) groups is 1. The number of benzene rings is 2. The van der Waals surface area contributed by atoms with Crippen LogP contribution in [-0.4, -0.2) is 41.5 Å². The first-order valence-corrected chi connectivity index (χ1v) is 12.2. The molecule has 170 valence electrons. The van der Waals surface area contributed by atoms with Crippen molar-refractivity contribution in [3.8, 4) is 11.8 Å². The van der Waals surface area contributed by atoms with Crippen LogP contribution in [0, 0.1) is 24.2 Å². The largest absolute Gasteiger partial charge is 0.310 e. The van der Waals surface area contributed by atoms with E-state index in [1.807, 2.05) is 25.1 Å². The zero-order valence-electron chi connectivity index (χ0n) is 17.9. The highest BCUT2D eigenvalue weighted by Gasteiger charge is 2.32. The summed E-state index contributed by atoms with van der Waals surface area (Å²) in [6, 6.07) is 16.8. The van der Waals surface area contributed by atoms with Crippen molar-refractivity contribution in [2.45, 2.75) is 24.7 Å². The van der Waals surface area contributed by atoms with Crippen LogP contribution in [0.1, 0.15) is 24.1 Å². The van der Waals surface area contributed by atoms with E-state index in [2.05, 4.69) is 10.4 Å². The highest BCUT2D eigenvalue weighted by atomic mass is 35.5. The third-order valence-electron chi connectivity index (χ3n) is 5.58. The first-order valence-electron chi connectivity index (χ1n) is 10.4. The number of piperidine rings is 1. The highest BCUT2D eigenvalue weighted by molar-refractivity contribution is 7.89. The van der Waals surface area contributed by atoms with Crippen LogP contribution in [0.3, 0.4) is 0 Å². The molecule has 0 spiro atoms. The van der Waals surface area contributed by atoms with Gasteiger partial charge in [-0.1, -0.05) is 17.7 Å². The molecule has 1 N–H and O–H groups in total. The minimum atomic E-state index is -3.67. The molecular weight excluding hydrogens is 462 g/mol. The maximum absolute atomic E-state index is 12.9. The molecule has 33 heavy (non-hydrogen) atoms. The minimum Gasteiger partial charge on any atom is -0.310 e. The van der Waals surface area contributed by atoms with Gasteiger partial charge in [-0.2, -0.15) is 14.7 Å². The molecule has 2 aromatic carbocycles. The number of anilines is 1. The van der Waals surface area contributed by atoms with Crippen LogP contribution in [0.2, 0.25) is 5.02 Å². The van der Waals surface area contributed by atoms with Crippen molar-refractivity contribution in [1.29, 1.82) is 5.26 Å². The van der Waals surface area contributed by atoms with Crippen LogP contribution in [0.5, 0.6) is 0 Å².